The first-order chi connectivity index (χ1) is 17.0. The molecule has 1 saturated heterocycles. The van der Waals surface area contributed by atoms with Crippen LogP contribution >= 0.6 is 11.6 Å². The summed E-state index contributed by atoms with van der Waals surface area (Å²) in [6.07, 6.45) is 1.37. The summed E-state index contributed by atoms with van der Waals surface area (Å²) in [5.74, 6) is 0.785. The number of carbonyl (C=O) groups is 1. The molecule has 3 rings (SSSR count). The fourth-order valence-corrected chi connectivity index (χ4v) is 3.91. The van der Waals surface area contributed by atoms with Gasteiger partial charge in [0.2, 0.25) is 11.7 Å². The minimum absolute atomic E-state index is 0.0222. The normalized spacial score (nSPS) is 14.7. The van der Waals surface area contributed by atoms with Crippen LogP contribution in [0.25, 0.3) is 0 Å². The minimum Gasteiger partial charge on any atom is -0.492 e. The Hall–Kier alpha value is -2.93. The van der Waals surface area contributed by atoms with Crippen molar-refractivity contribution in [2.24, 2.45) is 5.41 Å². The van der Waals surface area contributed by atoms with Gasteiger partial charge in [0.1, 0.15) is 23.4 Å². The molecular formula is C26H35ClN6O3. The highest BCUT2D eigenvalue weighted by atomic mass is 35.5. The molecule has 1 aliphatic heterocycles. The molecule has 0 atom stereocenters. The number of amides is 1. The first-order valence-corrected chi connectivity index (χ1v) is 12.4. The van der Waals surface area contributed by atoms with Crippen LogP contribution in [-0.2, 0) is 14.9 Å². The summed E-state index contributed by atoms with van der Waals surface area (Å²) < 4.78 is 11.3. The monoisotopic (exact) mass is 514 g/mol. The number of carbonyl (C=O) groups excluding carboxylic acids is 1. The van der Waals surface area contributed by atoms with Crippen LogP contribution in [0.15, 0.2) is 30.5 Å². The minimum atomic E-state index is -0.861. The Morgan fingerprint density at radius 3 is 2.50 bits per heavy atom. The second-order valence-corrected chi connectivity index (χ2v) is 10.9. The lowest BCUT2D eigenvalue weighted by atomic mass is 9.84. The number of hydrogen-bond donors (Lipinski definition) is 1. The molecule has 2 heterocycles. The molecule has 36 heavy (non-hydrogen) atoms. The fraction of sp³-hybridized carbons (Fsp3) is 0.538. The number of nitrogens with one attached hydrogen (secondary N) is 1. The van der Waals surface area contributed by atoms with Crippen molar-refractivity contribution >= 4 is 23.3 Å². The average Bonchev–Trinajstić information content (AvgIpc) is 2.84. The second kappa shape index (κ2) is 11.9. The lowest BCUT2D eigenvalue weighted by Gasteiger charge is -2.34. The molecule has 9 nitrogen and oxygen atoms in total. The van der Waals surface area contributed by atoms with Crippen molar-refractivity contribution in [2.45, 2.75) is 40.0 Å². The summed E-state index contributed by atoms with van der Waals surface area (Å²) in [5.41, 5.74) is 2.75. The molecular weight excluding hydrogens is 480 g/mol. The van der Waals surface area contributed by atoms with Crippen LogP contribution in [0.2, 0.25) is 5.02 Å². The fourth-order valence-electron chi connectivity index (χ4n) is 3.72. The molecule has 1 aliphatic rings. The van der Waals surface area contributed by atoms with Crippen LogP contribution in [0.4, 0.5) is 5.82 Å². The molecule has 1 aromatic heterocycles. The van der Waals surface area contributed by atoms with Gasteiger partial charge in [0.25, 0.3) is 0 Å². The first kappa shape index (κ1) is 27.7. The van der Waals surface area contributed by atoms with Crippen LogP contribution in [-0.4, -0.2) is 66.8 Å². The number of hydrazine groups is 1. The highest BCUT2D eigenvalue weighted by molar-refractivity contribution is 6.32. The predicted molar refractivity (Wildman–Crippen MR) is 139 cm³/mol. The lowest BCUT2D eigenvalue weighted by Crippen LogP contribution is -2.52. The van der Waals surface area contributed by atoms with Crippen LogP contribution in [0.1, 0.15) is 46.0 Å². The highest BCUT2D eigenvalue weighted by Gasteiger charge is 2.33. The lowest BCUT2D eigenvalue weighted by molar-refractivity contribution is -0.125. The van der Waals surface area contributed by atoms with Gasteiger partial charge in [-0.3, -0.25) is 20.1 Å². The molecule has 0 radical (unpaired) electrons. The molecule has 0 saturated carbocycles. The van der Waals surface area contributed by atoms with E-state index in [4.69, 9.17) is 21.1 Å². The number of rotatable bonds is 9. The second-order valence-electron chi connectivity index (χ2n) is 10.5. The topological polar surface area (TPSA) is 104 Å². The van der Waals surface area contributed by atoms with E-state index in [1.165, 1.54) is 6.20 Å². The smallest absolute Gasteiger partial charge is 0.248 e. The zero-order valence-electron chi connectivity index (χ0n) is 21.7. The van der Waals surface area contributed by atoms with E-state index >= 15 is 0 Å². The third-order valence-corrected chi connectivity index (χ3v) is 6.14. The van der Waals surface area contributed by atoms with Crippen molar-refractivity contribution in [3.8, 4) is 11.8 Å². The summed E-state index contributed by atoms with van der Waals surface area (Å²) in [6, 6.07) is 9.50. The zero-order valence-corrected chi connectivity index (χ0v) is 22.4. The maximum atomic E-state index is 13.5. The summed E-state index contributed by atoms with van der Waals surface area (Å²) in [4.78, 5) is 23.9. The average molecular weight is 515 g/mol. The van der Waals surface area contributed by atoms with Crippen molar-refractivity contribution in [3.63, 3.8) is 0 Å². The Morgan fingerprint density at radius 1 is 1.22 bits per heavy atom. The molecule has 0 aliphatic carbocycles. The number of halogens is 1. The van der Waals surface area contributed by atoms with Crippen molar-refractivity contribution < 1.29 is 14.3 Å². The van der Waals surface area contributed by atoms with Crippen LogP contribution in [0, 0.1) is 16.7 Å². The number of nitrogens with zero attached hydrogens (tertiary/aromatic N) is 5. The van der Waals surface area contributed by atoms with Crippen molar-refractivity contribution in [3.05, 3.63) is 46.9 Å². The summed E-state index contributed by atoms with van der Waals surface area (Å²) in [6.45, 7) is 15.1. The van der Waals surface area contributed by atoms with Gasteiger partial charge in [-0.05, 0) is 37.0 Å². The molecule has 0 unspecified atom stereocenters. The molecule has 0 bridgehead atoms. The Balaban J connectivity index is 1.69. The maximum absolute atomic E-state index is 13.5. The van der Waals surface area contributed by atoms with Gasteiger partial charge in [-0.2, -0.15) is 10.2 Å². The molecule has 1 N–H and O–H groups in total. The van der Waals surface area contributed by atoms with E-state index in [0.717, 1.165) is 44.2 Å². The summed E-state index contributed by atoms with van der Waals surface area (Å²) >= 11 is 6.35. The van der Waals surface area contributed by atoms with Gasteiger partial charge in [0.15, 0.2) is 5.82 Å². The summed E-state index contributed by atoms with van der Waals surface area (Å²) in [5, 5.41) is 11.1. The van der Waals surface area contributed by atoms with E-state index in [2.05, 4.69) is 20.3 Å². The van der Waals surface area contributed by atoms with Crippen LogP contribution in [0.3, 0.4) is 0 Å². The third-order valence-electron chi connectivity index (χ3n) is 5.87. The number of benzene rings is 1. The molecule has 1 aromatic carbocycles. The molecule has 10 heteroatoms. The Morgan fingerprint density at radius 2 is 1.89 bits per heavy atom. The highest BCUT2D eigenvalue weighted by Crippen LogP contribution is 2.29. The van der Waals surface area contributed by atoms with E-state index in [0.29, 0.717) is 13.2 Å². The van der Waals surface area contributed by atoms with Gasteiger partial charge in [0.05, 0.1) is 24.8 Å². The van der Waals surface area contributed by atoms with E-state index in [-0.39, 0.29) is 28.0 Å². The number of hydrogen-bond acceptors (Lipinski definition) is 8. The van der Waals surface area contributed by atoms with Gasteiger partial charge in [0, 0.05) is 26.2 Å². The van der Waals surface area contributed by atoms with Gasteiger partial charge < -0.3 is 9.47 Å². The van der Waals surface area contributed by atoms with Crippen molar-refractivity contribution in [1.29, 1.82) is 5.26 Å². The Bertz CT molecular complexity index is 1070. The number of anilines is 1. The molecule has 0 spiro atoms. The molecule has 2 aromatic rings. The van der Waals surface area contributed by atoms with Crippen molar-refractivity contribution in [1.82, 2.24) is 20.3 Å². The van der Waals surface area contributed by atoms with Gasteiger partial charge in [-0.15, -0.1) is 0 Å². The van der Waals surface area contributed by atoms with E-state index in [1.807, 2.05) is 65.0 Å². The van der Waals surface area contributed by atoms with E-state index < -0.39 is 5.41 Å². The molecule has 1 fully saturated rings. The van der Waals surface area contributed by atoms with E-state index in [1.54, 1.807) is 5.01 Å². The third kappa shape index (κ3) is 7.53. The van der Waals surface area contributed by atoms with Gasteiger partial charge in [-0.25, -0.2) is 4.98 Å². The van der Waals surface area contributed by atoms with Crippen LogP contribution in [0.5, 0.6) is 5.75 Å². The number of aromatic nitrogens is 2. The van der Waals surface area contributed by atoms with Crippen LogP contribution < -0.4 is 15.2 Å². The quantitative estimate of drug-likeness (QED) is 0.506. The Labute approximate surface area is 218 Å². The first-order valence-electron chi connectivity index (χ1n) is 12.0. The molecule has 1 amide bonds. The largest absolute Gasteiger partial charge is 0.492 e. The Kier molecular flexibility index (Phi) is 9.12. The number of ether oxygens (including phenoxy) is 2. The SMILES string of the molecule is CC(C)(C)CN(NC(=O)C(C)(C)c1ccc(OCCN2CCOCC2)cc1)c1nc(C#N)ncc1Cl. The van der Waals surface area contributed by atoms with Crippen molar-refractivity contribution in [2.75, 3.05) is 51.0 Å². The zero-order chi connectivity index (χ0) is 26.3. The van der Waals surface area contributed by atoms with E-state index in [9.17, 15) is 10.1 Å². The number of morpholine rings is 1. The maximum Gasteiger partial charge on any atom is 0.248 e. The molecule has 194 valence electrons. The van der Waals surface area contributed by atoms with Gasteiger partial charge in [-0.1, -0.05) is 44.5 Å². The number of nitriles is 1. The van der Waals surface area contributed by atoms with Gasteiger partial charge >= 0.3 is 0 Å². The standard InChI is InChI=1S/C26H35ClN6O3/c1-25(2,3)18-33(23-21(27)17-29-22(16-28)30-23)31-24(34)26(4,5)19-6-8-20(9-7-19)36-15-12-32-10-13-35-14-11-32/h6-9,17H,10-15,18H2,1-5H3,(H,31,34). The predicted octanol–water partition coefficient (Wildman–Crippen LogP) is 3.57. The summed E-state index contributed by atoms with van der Waals surface area (Å²) in [7, 11) is 0.